The smallest absolute Gasteiger partial charge is 0.217 e. The molecule has 1 heterocycles. The van der Waals surface area contributed by atoms with E-state index in [1.807, 2.05) is 64.1 Å². The van der Waals surface area contributed by atoms with E-state index < -0.39 is 0 Å². The Morgan fingerprint density at radius 1 is 1.17 bits per heavy atom. The second kappa shape index (κ2) is 8.60. The summed E-state index contributed by atoms with van der Waals surface area (Å²) in [5.74, 6) is 2.69. The zero-order valence-electron chi connectivity index (χ0n) is 17.8. The van der Waals surface area contributed by atoms with Crippen LogP contribution in [0.1, 0.15) is 33.3 Å². The molecule has 0 atom stereocenters. The van der Waals surface area contributed by atoms with Crippen LogP contribution in [0.5, 0.6) is 17.2 Å². The van der Waals surface area contributed by atoms with Crippen molar-refractivity contribution in [3.63, 3.8) is 0 Å². The Labute approximate surface area is 173 Å². The maximum atomic E-state index is 6.20. The van der Waals surface area contributed by atoms with E-state index >= 15 is 0 Å². The molecule has 0 amide bonds. The van der Waals surface area contributed by atoms with Crippen molar-refractivity contribution in [1.29, 1.82) is 0 Å². The lowest BCUT2D eigenvalue weighted by molar-refractivity contribution is 0.241. The predicted molar refractivity (Wildman–Crippen MR) is 116 cm³/mol. The van der Waals surface area contributed by atoms with Crippen molar-refractivity contribution in [1.82, 2.24) is 0 Å². The van der Waals surface area contributed by atoms with Crippen molar-refractivity contribution in [2.24, 2.45) is 4.99 Å². The number of hydrogen-bond acceptors (Lipinski definition) is 5. The van der Waals surface area contributed by atoms with Gasteiger partial charge in [0.2, 0.25) is 5.90 Å². The van der Waals surface area contributed by atoms with Crippen LogP contribution < -0.4 is 14.2 Å². The SMILES string of the molecule is C=CCOc1cc(OC(C)C)c(-c2ccccc2OC)c(C2=NC(C)(C)CO2)c1. The lowest BCUT2D eigenvalue weighted by atomic mass is 9.96. The van der Waals surface area contributed by atoms with Crippen LogP contribution in [0.3, 0.4) is 0 Å². The summed E-state index contributed by atoms with van der Waals surface area (Å²) in [6.07, 6.45) is 1.69. The highest BCUT2D eigenvalue weighted by molar-refractivity contribution is 6.04. The van der Waals surface area contributed by atoms with Gasteiger partial charge < -0.3 is 18.9 Å². The van der Waals surface area contributed by atoms with Crippen molar-refractivity contribution in [2.75, 3.05) is 20.3 Å². The molecule has 0 radical (unpaired) electrons. The second-order valence-electron chi connectivity index (χ2n) is 7.83. The molecule has 0 saturated heterocycles. The topological polar surface area (TPSA) is 49.3 Å². The molecule has 0 bridgehead atoms. The predicted octanol–water partition coefficient (Wildman–Crippen LogP) is 5.27. The fourth-order valence-electron chi connectivity index (χ4n) is 3.20. The summed E-state index contributed by atoms with van der Waals surface area (Å²) in [7, 11) is 1.66. The van der Waals surface area contributed by atoms with E-state index in [0.29, 0.717) is 30.6 Å². The van der Waals surface area contributed by atoms with Crippen molar-refractivity contribution >= 4 is 5.90 Å². The Morgan fingerprint density at radius 3 is 2.55 bits per heavy atom. The summed E-state index contributed by atoms with van der Waals surface area (Å²) in [6.45, 7) is 12.7. The average Bonchev–Trinajstić information content (AvgIpc) is 3.05. The highest BCUT2D eigenvalue weighted by atomic mass is 16.5. The first-order chi connectivity index (χ1) is 13.8. The third-order valence-electron chi connectivity index (χ3n) is 4.38. The molecule has 29 heavy (non-hydrogen) atoms. The molecular weight excluding hydrogens is 366 g/mol. The molecule has 0 aliphatic carbocycles. The minimum atomic E-state index is -0.287. The van der Waals surface area contributed by atoms with E-state index in [0.717, 1.165) is 22.4 Å². The molecule has 1 aliphatic rings. The van der Waals surface area contributed by atoms with Gasteiger partial charge in [0.15, 0.2) is 0 Å². The zero-order valence-corrected chi connectivity index (χ0v) is 17.8. The molecule has 3 rings (SSSR count). The number of nitrogens with zero attached hydrogens (tertiary/aromatic N) is 1. The number of rotatable bonds is 8. The molecule has 0 fully saturated rings. The number of methoxy groups -OCH3 is 1. The Balaban J connectivity index is 2.28. The van der Waals surface area contributed by atoms with Gasteiger partial charge in [0.25, 0.3) is 0 Å². The van der Waals surface area contributed by atoms with Crippen LogP contribution in [0.4, 0.5) is 0 Å². The van der Waals surface area contributed by atoms with Gasteiger partial charge in [0, 0.05) is 17.2 Å². The van der Waals surface area contributed by atoms with Gasteiger partial charge in [0.1, 0.15) is 30.5 Å². The van der Waals surface area contributed by atoms with Crippen LogP contribution in [-0.2, 0) is 4.74 Å². The monoisotopic (exact) mass is 395 g/mol. The number of benzene rings is 2. The van der Waals surface area contributed by atoms with Crippen LogP contribution in [0.2, 0.25) is 0 Å². The molecule has 2 aromatic carbocycles. The summed E-state index contributed by atoms with van der Waals surface area (Å²) in [4.78, 5) is 4.80. The number of aliphatic imine (C=N–C) groups is 1. The first-order valence-corrected chi connectivity index (χ1v) is 9.79. The van der Waals surface area contributed by atoms with Crippen molar-refractivity contribution in [3.8, 4) is 28.4 Å². The molecular formula is C24H29NO4. The van der Waals surface area contributed by atoms with E-state index in [1.54, 1.807) is 13.2 Å². The van der Waals surface area contributed by atoms with Crippen LogP contribution in [0.15, 0.2) is 54.0 Å². The van der Waals surface area contributed by atoms with Crippen LogP contribution in [0.25, 0.3) is 11.1 Å². The highest BCUT2D eigenvalue weighted by Gasteiger charge is 2.31. The third-order valence-corrected chi connectivity index (χ3v) is 4.38. The Bertz CT molecular complexity index is 915. The van der Waals surface area contributed by atoms with Crippen LogP contribution >= 0.6 is 0 Å². The zero-order chi connectivity index (χ0) is 21.0. The minimum absolute atomic E-state index is 0.0196. The molecule has 5 heteroatoms. The van der Waals surface area contributed by atoms with Crippen molar-refractivity contribution < 1.29 is 18.9 Å². The Morgan fingerprint density at radius 2 is 1.93 bits per heavy atom. The Kier molecular flexibility index (Phi) is 6.16. The molecule has 0 unspecified atom stereocenters. The van der Waals surface area contributed by atoms with E-state index in [9.17, 15) is 0 Å². The number of hydrogen-bond donors (Lipinski definition) is 0. The van der Waals surface area contributed by atoms with E-state index in [-0.39, 0.29) is 11.6 Å². The van der Waals surface area contributed by atoms with Gasteiger partial charge in [-0.3, -0.25) is 0 Å². The van der Waals surface area contributed by atoms with Gasteiger partial charge in [-0.15, -0.1) is 0 Å². The fourth-order valence-corrected chi connectivity index (χ4v) is 3.20. The summed E-state index contributed by atoms with van der Waals surface area (Å²) >= 11 is 0. The Hall–Kier alpha value is -2.95. The molecule has 0 spiro atoms. The van der Waals surface area contributed by atoms with Gasteiger partial charge in [-0.25, -0.2) is 4.99 Å². The van der Waals surface area contributed by atoms with Gasteiger partial charge in [-0.1, -0.05) is 30.9 Å². The molecule has 154 valence electrons. The van der Waals surface area contributed by atoms with E-state index in [4.69, 9.17) is 23.9 Å². The average molecular weight is 395 g/mol. The summed E-state index contributed by atoms with van der Waals surface area (Å²) < 4.78 is 23.7. The normalized spacial score (nSPS) is 14.9. The molecule has 0 saturated carbocycles. The van der Waals surface area contributed by atoms with Gasteiger partial charge in [-0.2, -0.15) is 0 Å². The molecule has 0 N–H and O–H groups in total. The standard InChI is InChI=1S/C24H29NO4/c1-7-12-27-17-13-19(23-25-24(4,5)15-28-23)22(21(14-17)29-16(2)3)18-10-8-9-11-20(18)26-6/h7-11,13-14,16H,1,12,15H2,2-6H3. The largest absolute Gasteiger partial charge is 0.496 e. The van der Waals surface area contributed by atoms with E-state index in [2.05, 4.69) is 6.58 Å². The van der Waals surface area contributed by atoms with E-state index in [1.165, 1.54) is 0 Å². The summed E-state index contributed by atoms with van der Waals surface area (Å²) in [5, 5.41) is 0. The molecule has 5 nitrogen and oxygen atoms in total. The van der Waals surface area contributed by atoms with Crippen molar-refractivity contribution in [3.05, 3.63) is 54.6 Å². The minimum Gasteiger partial charge on any atom is -0.496 e. The highest BCUT2D eigenvalue weighted by Crippen LogP contribution is 2.43. The van der Waals surface area contributed by atoms with Crippen molar-refractivity contribution in [2.45, 2.75) is 39.3 Å². The maximum Gasteiger partial charge on any atom is 0.217 e. The van der Waals surface area contributed by atoms with Gasteiger partial charge >= 0.3 is 0 Å². The van der Waals surface area contributed by atoms with Gasteiger partial charge in [-0.05, 0) is 39.8 Å². The van der Waals surface area contributed by atoms with Crippen LogP contribution in [0, 0.1) is 0 Å². The third kappa shape index (κ3) is 4.73. The summed E-state index contributed by atoms with van der Waals surface area (Å²) in [5.41, 5.74) is 2.31. The number of ether oxygens (including phenoxy) is 4. The second-order valence-corrected chi connectivity index (χ2v) is 7.83. The maximum absolute atomic E-state index is 6.20. The van der Waals surface area contributed by atoms with Gasteiger partial charge in [0.05, 0.1) is 24.3 Å². The number of para-hydroxylation sites is 1. The first-order valence-electron chi connectivity index (χ1n) is 9.79. The van der Waals surface area contributed by atoms with Crippen LogP contribution in [-0.4, -0.2) is 37.9 Å². The lowest BCUT2D eigenvalue weighted by Gasteiger charge is -2.21. The lowest BCUT2D eigenvalue weighted by Crippen LogP contribution is -2.17. The molecule has 1 aliphatic heterocycles. The molecule has 0 aromatic heterocycles. The summed E-state index contributed by atoms with van der Waals surface area (Å²) in [6, 6.07) is 11.7. The molecule has 2 aromatic rings. The fraction of sp³-hybridized carbons (Fsp3) is 0.375. The quantitative estimate of drug-likeness (QED) is 0.572. The first kappa shape index (κ1) is 20.8.